The molecule has 3 nitrogen and oxygen atoms in total. The van der Waals surface area contributed by atoms with E-state index in [0.29, 0.717) is 5.76 Å². The number of hydrogen-bond donors (Lipinski definition) is 1. The molecule has 0 aliphatic heterocycles. The van der Waals surface area contributed by atoms with Crippen LogP contribution < -0.4 is 0 Å². The number of ketones is 1. The fraction of sp³-hybridized carbons (Fsp3) is 0.412. The standard InChI is InChI=1S/C19H14NS.C15H24O2.Ir/c1-12-9-13(2)11-14(10-12)18-19-16(7-8-21-19)15-5-3-4-6-17(15)20-18;16-14(12-7-3-1-4-8-12)11-15(17)13-9-5-2-6-10-13;/h3-10H,1-2H3;11-13,16H,1-10H2;/q-1;;/b;14-11-;. The van der Waals surface area contributed by atoms with E-state index in [2.05, 4.69) is 61.7 Å². The van der Waals surface area contributed by atoms with Gasteiger partial charge in [-0.15, -0.1) is 34.9 Å². The number of fused-ring (bicyclic) bond motifs is 3. The van der Waals surface area contributed by atoms with Crippen molar-refractivity contribution in [3.8, 4) is 11.3 Å². The van der Waals surface area contributed by atoms with Gasteiger partial charge in [0, 0.05) is 53.8 Å². The Balaban J connectivity index is 0.000000181. The monoisotopic (exact) mass is 717 g/mol. The molecule has 2 saturated carbocycles. The molecule has 6 rings (SSSR count). The molecule has 2 fully saturated rings. The third-order valence-corrected chi connectivity index (χ3v) is 8.95. The van der Waals surface area contributed by atoms with Crippen LogP contribution in [0.3, 0.4) is 0 Å². The average molecular weight is 717 g/mol. The summed E-state index contributed by atoms with van der Waals surface area (Å²) in [6, 6.07) is 18.3. The number of pyridine rings is 1. The third kappa shape index (κ3) is 7.25. The fourth-order valence-electron chi connectivity index (χ4n) is 6.05. The minimum absolute atomic E-state index is 0. The number of carbonyl (C=O) groups is 1. The molecular formula is C34H38IrNO2S-. The largest absolute Gasteiger partial charge is 0.512 e. The van der Waals surface area contributed by atoms with Crippen LogP contribution in [0.1, 0.15) is 75.3 Å². The van der Waals surface area contributed by atoms with E-state index in [9.17, 15) is 9.90 Å². The molecule has 2 aromatic carbocycles. The first-order valence-corrected chi connectivity index (χ1v) is 15.1. The zero-order valence-electron chi connectivity index (χ0n) is 23.0. The van der Waals surface area contributed by atoms with Crippen LogP contribution in [0, 0.1) is 31.7 Å². The van der Waals surface area contributed by atoms with Gasteiger partial charge in [-0.3, -0.25) is 9.78 Å². The molecule has 5 heteroatoms. The summed E-state index contributed by atoms with van der Waals surface area (Å²) >= 11 is 1.75. The zero-order chi connectivity index (χ0) is 26.5. The van der Waals surface area contributed by atoms with Crippen molar-refractivity contribution in [3.63, 3.8) is 0 Å². The van der Waals surface area contributed by atoms with E-state index >= 15 is 0 Å². The van der Waals surface area contributed by atoms with Crippen LogP contribution in [0.2, 0.25) is 0 Å². The van der Waals surface area contributed by atoms with Gasteiger partial charge in [0.25, 0.3) is 0 Å². The first-order chi connectivity index (χ1) is 18.5. The van der Waals surface area contributed by atoms with Crippen molar-refractivity contribution in [2.24, 2.45) is 11.8 Å². The maximum atomic E-state index is 12.0. The second-order valence-electron chi connectivity index (χ2n) is 11.0. The van der Waals surface area contributed by atoms with Gasteiger partial charge in [0.05, 0.1) is 11.3 Å². The zero-order valence-corrected chi connectivity index (χ0v) is 26.2. The van der Waals surface area contributed by atoms with E-state index in [1.165, 1.54) is 59.6 Å². The molecule has 0 bridgehead atoms. The third-order valence-electron chi connectivity index (χ3n) is 8.03. The van der Waals surface area contributed by atoms with Gasteiger partial charge < -0.3 is 5.11 Å². The molecule has 0 spiro atoms. The number of hydrogen-bond acceptors (Lipinski definition) is 4. The number of allylic oxidation sites excluding steroid dienone is 2. The number of benzene rings is 2. The van der Waals surface area contributed by atoms with E-state index in [0.717, 1.165) is 48.0 Å². The van der Waals surface area contributed by atoms with Crippen molar-refractivity contribution >= 4 is 38.1 Å². The van der Waals surface area contributed by atoms with Gasteiger partial charge in [-0.05, 0) is 48.6 Å². The molecule has 2 aliphatic carbocycles. The number of nitrogens with zero attached hydrogens (tertiary/aromatic N) is 1. The van der Waals surface area contributed by atoms with Crippen molar-refractivity contribution in [1.82, 2.24) is 4.98 Å². The Bertz CT molecular complexity index is 1420. The van der Waals surface area contributed by atoms with Crippen LogP contribution in [0.5, 0.6) is 0 Å². The number of aryl methyl sites for hydroxylation is 2. The summed E-state index contributed by atoms with van der Waals surface area (Å²) in [5, 5.41) is 14.7. The van der Waals surface area contributed by atoms with Crippen LogP contribution >= 0.6 is 11.3 Å². The number of para-hydroxylation sites is 1. The Kier molecular flexibility index (Phi) is 10.5. The summed E-state index contributed by atoms with van der Waals surface area (Å²) in [4.78, 5) is 16.9. The van der Waals surface area contributed by atoms with Gasteiger partial charge in [0.2, 0.25) is 0 Å². The Labute approximate surface area is 250 Å². The molecule has 2 aromatic heterocycles. The predicted octanol–water partition coefficient (Wildman–Crippen LogP) is 9.69. The first kappa shape index (κ1) is 29.6. The predicted molar refractivity (Wildman–Crippen MR) is 160 cm³/mol. The second kappa shape index (κ2) is 13.8. The van der Waals surface area contributed by atoms with E-state index in [1.54, 1.807) is 17.4 Å². The van der Waals surface area contributed by atoms with Gasteiger partial charge in [0.1, 0.15) is 0 Å². The maximum absolute atomic E-state index is 12.0. The summed E-state index contributed by atoms with van der Waals surface area (Å²) in [5.41, 5.74) is 5.59. The number of rotatable bonds is 4. The molecule has 0 amide bonds. The minimum Gasteiger partial charge on any atom is -0.512 e. The second-order valence-corrected chi connectivity index (χ2v) is 12.0. The SMILES string of the molecule is Cc1[c-]c(-c2nc3ccccc3c3ccsc23)cc(C)c1.O=C(/C=C(\O)C1CCCCC1)C1CCCCC1.[Ir]. The summed E-state index contributed by atoms with van der Waals surface area (Å²) in [7, 11) is 0. The Morgan fingerprint density at radius 2 is 1.59 bits per heavy atom. The molecule has 0 saturated heterocycles. The van der Waals surface area contributed by atoms with Crippen molar-refractivity contribution < 1.29 is 30.0 Å². The number of aliphatic hydroxyl groups is 1. The van der Waals surface area contributed by atoms with Gasteiger partial charge in [0.15, 0.2) is 5.78 Å². The first-order valence-electron chi connectivity index (χ1n) is 14.2. The number of carbonyl (C=O) groups excluding carboxylic acids is 1. The molecule has 1 N–H and O–H groups in total. The molecular weight excluding hydrogens is 679 g/mol. The topological polar surface area (TPSA) is 50.2 Å². The Morgan fingerprint density at radius 1 is 0.923 bits per heavy atom. The van der Waals surface area contributed by atoms with E-state index in [4.69, 9.17) is 4.98 Å². The number of aliphatic hydroxyl groups excluding tert-OH is 1. The molecule has 2 heterocycles. The Hall–Kier alpha value is -2.33. The van der Waals surface area contributed by atoms with Crippen molar-refractivity contribution in [2.45, 2.75) is 78.1 Å². The maximum Gasteiger partial charge on any atom is 0.162 e. The molecule has 207 valence electrons. The Morgan fingerprint density at radius 3 is 2.28 bits per heavy atom. The van der Waals surface area contributed by atoms with Gasteiger partial charge in [-0.25, -0.2) is 0 Å². The smallest absolute Gasteiger partial charge is 0.162 e. The number of aromatic nitrogens is 1. The normalized spacial score (nSPS) is 16.9. The molecule has 4 aromatic rings. The summed E-state index contributed by atoms with van der Waals surface area (Å²) < 4.78 is 1.25. The van der Waals surface area contributed by atoms with E-state index in [1.807, 2.05) is 6.07 Å². The summed E-state index contributed by atoms with van der Waals surface area (Å²) in [5.74, 6) is 0.985. The number of thiophene rings is 1. The summed E-state index contributed by atoms with van der Waals surface area (Å²) in [6.07, 6.45) is 13.0. The fourth-order valence-corrected chi connectivity index (χ4v) is 6.96. The van der Waals surface area contributed by atoms with Crippen LogP contribution in [0.25, 0.3) is 32.2 Å². The minimum atomic E-state index is 0. The van der Waals surface area contributed by atoms with Crippen molar-refractivity contribution in [1.29, 1.82) is 0 Å². The average Bonchev–Trinajstić information content (AvgIpc) is 3.44. The van der Waals surface area contributed by atoms with Crippen molar-refractivity contribution in [2.75, 3.05) is 0 Å². The molecule has 0 atom stereocenters. The molecule has 2 aliphatic rings. The van der Waals surface area contributed by atoms with Crippen LogP contribution in [0.15, 0.2) is 59.7 Å². The van der Waals surface area contributed by atoms with Gasteiger partial charge >= 0.3 is 0 Å². The van der Waals surface area contributed by atoms with E-state index < -0.39 is 0 Å². The molecule has 39 heavy (non-hydrogen) atoms. The van der Waals surface area contributed by atoms with Crippen LogP contribution in [-0.2, 0) is 24.9 Å². The quantitative estimate of drug-likeness (QED) is 0.130. The van der Waals surface area contributed by atoms with Crippen LogP contribution in [0.4, 0.5) is 0 Å². The van der Waals surface area contributed by atoms with E-state index in [-0.39, 0.29) is 37.7 Å². The molecule has 1 radical (unpaired) electrons. The summed E-state index contributed by atoms with van der Waals surface area (Å²) in [6.45, 7) is 4.21. The van der Waals surface area contributed by atoms with Gasteiger partial charge in [-0.1, -0.05) is 70.6 Å². The van der Waals surface area contributed by atoms with Gasteiger partial charge in [-0.2, -0.15) is 11.3 Å². The van der Waals surface area contributed by atoms with Crippen molar-refractivity contribution in [3.05, 3.63) is 76.9 Å². The van der Waals surface area contributed by atoms with Crippen LogP contribution in [-0.4, -0.2) is 15.9 Å². The molecule has 0 unspecified atom stereocenters.